The fourth-order valence-electron chi connectivity index (χ4n) is 2.09. The molecule has 2 fully saturated rings. The third-order valence-corrected chi connectivity index (χ3v) is 2.74. The lowest BCUT2D eigenvalue weighted by molar-refractivity contribution is -0.0233. The highest BCUT2D eigenvalue weighted by Gasteiger charge is 2.41. The molecule has 0 aromatic heterocycles. The van der Waals surface area contributed by atoms with E-state index in [4.69, 9.17) is 5.84 Å². The Labute approximate surface area is 75.3 Å². The molecule has 0 atom stereocenters. The van der Waals surface area contributed by atoms with Crippen molar-refractivity contribution >= 4 is 0 Å². The van der Waals surface area contributed by atoms with Crippen molar-refractivity contribution in [2.75, 3.05) is 26.2 Å². The molecular formula is C9H21N3. The average molecular weight is 171 g/mol. The van der Waals surface area contributed by atoms with Gasteiger partial charge in [-0.15, -0.1) is 0 Å². The van der Waals surface area contributed by atoms with Gasteiger partial charge in [0.1, 0.15) is 0 Å². The minimum Gasteiger partial charge on any atom is -0.317 e. The van der Waals surface area contributed by atoms with Gasteiger partial charge in [-0.1, -0.05) is 13.8 Å². The van der Waals surface area contributed by atoms with E-state index in [0.29, 0.717) is 5.41 Å². The van der Waals surface area contributed by atoms with Gasteiger partial charge in [-0.2, -0.15) is 0 Å². The lowest BCUT2D eigenvalue weighted by Gasteiger charge is -2.50. The van der Waals surface area contributed by atoms with Gasteiger partial charge in [-0.05, 0) is 25.9 Å². The fraction of sp³-hybridized carbons (Fsp3) is 1.00. The van der Waals surface area contributed by atoms with E-state index in [1.165, 1.54) is 25.9 Å². The van der Waals surface area contributed by atoms with Gasteiger partial charge >= 0.3 is 0 Å². The number of hydrogen-bond acceptors (Lipinski definition) is 3. The Morgan fingerprint density at radius 3 is 2.08 bits per heavy atom. The molecule has 0 unspecified atom stereocenters. The Morgan fingerprint density at radius 1 is 1.17 bits per heavy atom. The molecule has 2 aliphatic rings. The highest BCUT2D eigenvalue weighted by atomic mass is 15.4. The van der Waals surface area contributed by atoms with E-state index in [1.807, 2.05) is 18.9 Å². The molecule has 0 bridgehead atoms. The Hall–Kier alpha value is -0.120. The molecule has 0 aromatic carbocycles. The van der Waals surface area contributed by atoms with Gasteiger partial charge in [0.2, 0.25) is 0 Å². The van der Waals surface area contributed by atoms with Gasteiger partial charge < -0.3 is 5.32 Å². The maximum atomic E-state index is 5.60. The van der Waals surface area contributed by atoms with Gasteiger partial charge in [0.25, 0.3) is 0 Å². The van der Waals surface area contributed by atoms with Crippen LogP contribution in [0.2, 0.25) is 0 Å². The van der Waals surface area contributed by atoms with Crippen molar-refractivity contribution < 1.29 is 0 Å². The first kappa shape index (κ1) is 9.96. The third kappa shape index (κ3) is 1.97. The first-order valence-corrected chi connectivity index (χ1v) is 5.01. The van der Waals surface area contributed by atoms with E-state index in [1.54, 1.807) is 0 Å². The summed E-state index contributed by atoms with van der Waals surface area (Å²) in [5, 5.41) is 5.29. The van der Waals surface area contributed by atoms with Crippen LogP contribution in [0.15, 0.2) is 0 Å². The van der Waals surface area contributed by atoms with Crippen LogP contribution >= 0.6 is 0 Å². The smallest absolute Gasteiger partial charge is 0.0199 e. The summed E-state index contributed by atoms with van der Waals surface area (Å²) in [5.41, 5.74) is 0.611. The number of nitrogens with one attached hydrogen (secondary N) is 1. The summed E-state index contributed by atoms with van der Waals surface area (Å²) in [4.78, 5) is 0. The predicted molar refractivity (Wildman–Crippen MR) is 51.6 cm³/mol. The molecule has 2 rings (SSSR count). The van der Waals surface area contributed by atoms with Crippen molar-refractivity contribution in [1.29, 1.82) is 0 Å². The van der Waals surface area contributed by atoms with E-state index in [0.717, 1.165) is 13.1 Å². The van der Waals surface area contributed by atoms with E-state index in [2.05, 4.69) is 5.32 Å². The van der Waals surface area contributed by atoms with Gasteiger partial charge in [0, 0.05) is 18.5 Å². The maximum Gasteiger partial charge on any atom is 0.0199 e. The topological polar surface area (TPSA) is 41.3 Å². The van der Waals surface area contributed by atoms with Crippen LogP contribution in [0.3, 0.4) is 0 Å². The second-order valence-electron chi connectivity index (χ2n) is 3.65. The van der Waals surface area contributed by atoms with Crippen molar-refractivity contribution in [2.24, 2.45) is 11.3 Å². The molecule has 72 valence electrons. The first-order chi connectivity index (χ1) is 5.81. The third-order valence-electron chi connectivity index (χ3n) is 2.74. The van der Waals surface area contributed by atoms with Crippen molar-refractivity contribution in [3.8, 4) is 0 Å². The fourth-order valence-corrected chi connectivity index (χ4v) is 2.09. The standard InChI is InChI=1S/C7H15N3.C2H6/c8-10-5-7(6-10)1-3-9-4-2-7;1-2/h9H,1-6,8H2;1-2H3. The van der Waals surface area contributed by atoms with E-state index >= 15 is 0 Å². The van der Waals surface area contributed by atoms with Crippen LogP contribution in [0.4, 0.5) is 0 Å². The number of nitrogens with zero attached hydrogens (tertiary/aromatic N) is 1. The molecule has 0 radical (unpaired) electrons. The molecular weight excluding hydrogens is 150 g/mol. The van der Waals surface area contributed by atoms with Crippen molar-refractivity contribution in [2.45, 2.75) is 26.7 Å². The summed E-state index contributed by atoms with van der Waals surface area (Å²) in [6.45, 7) is 8.62. The van der Waals surface area contributed by atoms with Crippen molar-refractivity contribution in [3.05, 3.63) is 0 Å². The van der Waals surface area contributed by atoms with Crippen LogP contribution in [-0.4, -0.2) is 31.2 Å². The molecule has 3 heteroatoms. The second-order valence-corrected chi connectivity index (χ2v) is 3.65. The van der Waals surface area contributed by atoms with E-state index in [-0.39, 0.29) is 0 Å². The van der Waals surface area contributed by atoms with Crippen molar-refractivity contribution in [3.63, 3.8) is 0 Å². The largest absolute Gasteiger partial charge is 0.317 e. The van der Waals surface area contributed by atoms with Gasteiger partial charge in [0.15, 0.2) is 0 Å². The van der Waals surface area contributed by atoms with Crippen LogP contribution in [0.1, 0.15) is 26.7 Å². The predicted octanol–water partition coefficient (Wildman–Crippen LogP) is 0.572. The van der Waals surface area contributed by atoms with Crippen LogP contribution in [-0.2, 0) is 0 Å². The van der Waals surface area contributed by atoms with E-state index in [9.17, 15) is 0 Å². The molecule has 2 aliphatic heterocycles. The number of nitrogens with two attached hydrogens (primary N) is 1. The van der Waals surface area contributed by atoms with Crippen LogP contribution in [0.5, 0.6) is 0 Å². The minimum absolute atomic E-state index is 0.611. The Morgan fingerprint density at radius 2 is 1.67 bits per heavy atom. The minimum atomic E-state index is 0.611. The lowest BCUT2D eigenvalue weighted by atomic mass is 9.73. The van der Waals surface area contributed by atoms with Crippen molar-refractivity contribution in [1.82, 2.24) is 10.3 Å². The lowest BCUT2D eigenvalue weighted by Crippen LogP contribution is -2.62. The van der Waals surface area contributed by atoms with Crippen LogP contribution in [0, 0.1) is 5.41 Å². The SMILES string of the molecule is CC.NN1CC2(CCNCC2)C1. The summed E-state index contributed by atoms with van der Waals surface area (Å²) < 4.78 is 0. The average Bonchev–Trinajstić information content (AvgIpc) is 2.08. The molecule has 0 aliphatic carbocycles. The highest BCUT2D eigenvalue weighted by Crippen LogP contribution is 2.36. The Kier molecular flexibility index (Phi) is 3.50. The summed E-state index contributed by atoms with van der Waals surface area (Å²) in [6.07, 6.45) is 2.64. The maximum absolute atomic E-state index is 5.60. The van der Waals surface area contributed by atoms with Crippen LogP contribution < -0.4 is 11.2 Å². The molecule has 2 heterocycles. The zero-order valence-corrected chi connectivity index (χ0v) is 8.27. The van der Waals surface area contributed by atoms with Gasteiger partial charge in [-0.25, -0.2) is 5.01 Å². The molecule has 2 saturated heterocycles. The summed E-state index contributed by atoms with van der Waals surface area (Å²) in [6, 6.07) is 0. The van der Waals surface area contributed by atoms with Gasteiger partial charge in [0.05, 0.1) is 0 Å². The first-order valence-electron chi connectivity index (χ1n) is 5.01. The zero-order valence-electron chi connectivity index (χ0n) is 8.27. The summed E-state index contributed by atoms with van der Waals surface area (Å²) in [5.74, 6) is 5.60. The molecule has 3 N–H and O–H groups in total. The molecule has 0 aromatic rings. The molecule has 0 saturated carbocycles. The summed E-state index contributed by atoms with van der Waals surface area (Å²) >= 11 is 0. The molecule has 3 nitrogen and oxygen atoms in total. The number of piperidine rings is 1. The molecule has 12 heavy (non-hydrogen) atoms. The van der Waals surface area contributed by atoms with Crippen LogP contribution in [0.25, 0.3) is 0 Å². The number of hydrogen-bond donors (Lipinski definition) is 2. The number of hydrazine groups is 1. The Bertz CT molecular complexity index is 114. The summed E-state index contributed by atoms with van der Waals surface area (Å²) in [7, 11) is 0. The Balaban J connectivity index is 0.000000336. The van der Waals surface area contributed by atoms with E-state index < -0.39 is 0 Å². The highest BCUT2D eigenvalue weighted by molar-refractivity contribution is 4.95. The monoisotopic (exact) mass is 171 g/mol. The molecule has 0 amide bonds. The molecule has 1 spiro atoms. The normalized spacial score (nSPS) is 27.2. The zero-order chi connectivity index (χ0) is 9.03. The number of rotatable bonds is 0. The second kappa shape index (κ2) is 4.21. The van der Waals surface area contributed by atoms with Gasteiger partial charge in [-0.3, -0.25) is 5.84 Å². The quantitative estimate of drug-likeness (QED) is 0.524.